The molecule has 0 saturated heterocycles. The lowest BCUT2D eigenvalue weighted by atomic mass is 9.52. The van der Waals surface area contributed by atoms with Crippen molar-refractivity contribution in [2.75, 3.05) is 5.32 Å². The molecule has 1 unspecified atom stereocenters. The molecule has 3 aliphatic rings. The van der Waals surface area contributed by atoms with Crippen LogP contribution in [-0.4, -0.2) is 10.8 Å². The number of anilines is 1. The Morgan fingerprint density at radius 2 is 2.12 bits per heavy atom. The summed E-state index contributed by atoms with van der Waals surface area (Å²) >= 11 is 1.69. The predicted octanol–water partition coefficient (Wildman–Crippen LogP) is 5.24. The zero-order chi connectivity index (χ0) is 17.8. The highest BCUT2D eigenvalue weighted by atomic mass is 32.1. The second kappa shape index (κ2) is 5.66. The molecule has 1 aromatic heterocycles. The Labute approximate surface area is 153 Å². The van der Waals surface area contributed by atoms with Crippen molar-refractivity contribution in [2.24, 2.45) is 17.3 Å². The van der Waals surface area contributed by atoms with Gasteiger partial charge in [0.1, 0.15) is 5.82 Å². The number of nitrogens with one attached hydrogen (secondary N) is 1. The van der Waals surface area contributed by atoms with Crippen molar-refractivity contribution in [1.29, 1.82) is 0 Å². The summed E-state index contributed by atoms with van der Waals surface area (Å²) < 4.78 is 0. The topological polar surface area (TPSA) is 42.0 Å². The van der Waals surface area contributed by atoms with Gasteiger partial charge >= 0.3 is 0 Å². The summed E-state index contributed by atoms with van der Waals surface area (Å²) in [6.07, 6.45) is 11.6. The first-order valence-corrected chi connectivity index (χ1v) is 10.2. The van der Waals surface area contributed by atoms with Gasteiger partial charge in [-0.3, -0.25) is 4.79 Å². The van der Waals surface area contributed by atoms with E-state index in [2.05, 4.69) is 62.3 Å². The Bertz CT molecular complexity index is 818. The molecular weight excluding hydrogens is 328 g/mol. The van der Waals surface area contributed by atoms with Crippen molar-refractivity contribution in [2.45, 2.75) is 52.4 Å². The van der Waals surface area contributed by atoms with Crippen molar-refractivity contribution in [3.8, 4) is 0 Å². The highest BCUT2D eigenvalue weighted by Crippen LogP contribution is 2.61. The Balaban J connectivity index is 2.04. The highest BCUT2D eigenvalue weighted by molar-refractivity contribution is 7.10. The van der Waals surface area contributed by atoms with Crippen LogP contribution < -0.4 is 5.32 Å². The summed E-state index contributed by atoms with van der Waals surface area (Å²) in [5.41, 5.74) is 3.65. The number of rotatable bonds is 2. The van der Waals surface area contributed by atoms with Crippen LogP contribution >= 0.6 is 11.3 Å². The summed E-state index contributed by atoms with van der Waals surface area (Å²) in [6, 6.07) is 0. The zero-order valence-electron chi connectivity index (χ0n) is 15.4. The van der Waals surface area contributed by atoms with Gasteiger partial charge in [-0.05, 0) is 25.2 Å². The van der Waals surface area contributed by atoms with Crippen LogP contribution in [-0.2, 0) is 10.2 Å². The van der Waals surface area contributed by atoms with Crippen molar-refractivity contribution in [3.05, 3.63) is 46.0 Å². The largest absolute Gasteiger partial charge is 0.342 e. The fourth-order valence-electron chi connectivity index (χ4n) is 5.22. The minimum atomic E-state index is -0.300. The van der Waals surface area contributed by atoms with Gasteiger partial charge in [0.25, 0.3) is 0 Å². The predicted molar refractivity (Wildman–Crippen MR) is 104 cm³/mol. The van der Waals surface area contributed by atoms with Crippen LogP contribution in [0.1, 0.15) is 51.8 Å². The second-order valence-corrected chi connectivity index (χ2v) is 8.87. The first-order chi connectivity index (χ1) is 11.9. The number of thiazole rings is 1. The number of ketones is 1. The number of carbonyl (C=O) groups excluding carboxylic acids is 1. The van der Waals surface area contributed by atoms with Gasteiger partial charge in [0.15, 0.2) is 5.78 Å². The van der Waals surface area contributed by atoms with Crippen LogP contribution in [0.25, 0.3) is 0 Å². The third-order valence-corrected chi connectivity index (χ3v) is 7.54. The Morgan fingerprint density at radius 3 is 2.80 bits per heavy atom. The minimum Gasteiger partial charge on any atom is -0.342 e. The van der Waals surface area contributed by atoms with Crippen molar-refractivity contribution in [3.63, 3.8) is 0 Å². The van der Waals surface area contributed by atoms with Crippen molar-refractivity contribution < 1.29 is 4.79 Å². The van der Waals surface area contributed by atoms with Crippen molar-refractivity contribution in [1.82, 2.24) is 4.98 Å². The van der Waals surface area contributed by atoms with Gasteiger partial charge in [-0.15, -0.1) is 11.3 Å². The summed E-state index contributed by atoms with van der Waals surface area (Å²) in [6.45, 7) is 8.87. The molecule has 0 aromatic carbocycles. The lowest BCUT2D eigenvalue weighted by Gasteiger charge is -2.53. The van der Waals surface area contributed by atoms with Gasteiger partial charge in [-0.2, -0.15) is 0 Å². The molecule has 4 heteroatoms. The van der Waals surface area contributed by atoms with Crippen LogP contribution in [0.5, 0.6) is 0 Å². The number of allylic oxidation sites excluding steroid dienone is 6. The van der Waals surface area contributed by atoms with Crippen LogP contribution in [0.4, 0.5) is 5.82 Å². The van der Waals surface area contributed by atoms with E-state index >= 15 is 0 Å². The number of hydrogen-bond donors (Lipinski definition) is 1. The molecule has 2 aliphatic carbocycles. The maximum absolute atomic E-state index is 13.4. The molecule has 25 heavy (non-hydrogen) atoms. The second-order valence-electron chi connectivity index (χ2n) is 8.01. The third-order valence-electron chi connectivity index (χ3n) is 6.56. The zero-order valence-corrected chi connectivity index (χ0v) is 16.2. The minimum absolute atomic E-state index is 0.0858. The van der Waals surface area contributed by atoms with Crippen molar-refractivity contribution >= 4 is 22.9 Å². The number of hydrogen-bond acceptors (Lipinski definition) is 4. The lowest BCUT2D eigenvalue weighted by Crippen LogP contribution is -2.51. The standard InChI is InChI=1S/C21H26N2OS/c1-5-21(20(4)9-7-6-8-10-20)15-16(13(2)11-14(3)17(15)24)23-19-18(21)25-12-22-19/h6-9,12-14,23H,5,10-11H2,1-4H3/t13-,14-,20?,21-/m1/s1. The number of Topliss-reactive ketones (excluding diaryl/α,β-unsaturated/α-hetero) is 1. The molecule has 0 radical (unpaired) electrons. The molecule has 1 aromatic rings. The monoisotopic (exact) mass is 354 g/mol. The molecule has 4 atom stereocenters. The van der Waals surface area contributed by atoms with Gasteiger partial charge in [0.05, 0.1) is 10.4 Å². The number of aromatic nitrogens is 1. The van der Waals surface area contributed by atoms with E-state index in [1.165, 1.54) is 4.88 Å². The maximum atomic E-state index is 13.4. The molecule has 0 saturated carbocycles. The van der Waals surface area contributed by atoms with Crippen LogP contribution in [0.2, 0.25) is 0 Å². The van der Waals surface area contributed by atoms with E-state index in [-0.39, 0.29) is 16.7 Å². The number of nitrogens with zero attached hydrogens (tertiary/aromatic N) is 1. The maximum Gasteiger partial charge on any atom is 0.164 e. The SMILES string of the molecule is CC[C@@]1(C2(C)C=CC=CC2)C2=C(Nc3ncsc31)[C@H](C)C[C@@H](C)C2=O. The fourth-order valence-corrected chi connectivity index (χ4v) is 6.38. The van der Waals surface area contributed by atoms with E-state index in [1.54, 1.807) is 11.3 Å². The van der Waals surface area contributed by atoms with Gasteiger partial charge in [0.2, 0.25) is 0 Å². The molecule has 0 spiro atoms. The molecule has 3 nitrogen and oxygen atoms in total. The Morgan fingerprint density at radius 1 is 1.32 bits per heavy atom. The molecular formula is C21H26N2OS. The van der Waals surface area contributed by atoms with E-state index < -0.39 is 0 Å². The van der Waals surface area contributed by atoms with E-state index in [0.29, 0.717) is 11.7 Å². The fraction of sp³-hybridized carbons (Fsp3) is 0.524. The number of carbonyl (C=O) groups is 1. The molecule has 132 valence electrons. The quantitative estimate of drug-likeness (QED) is 0.790. The Kier molecular flexibility index (Phi) is 3.80. The lowest BCUT2D eigenvalue weighted by molar-refractivity contribution is -0.121. The molecule has 4 rings (SSSR count). The first-order valence-electron chi connectivity index (χ1n) is 9.29. The first kappa shape index (κ1) is 16.8. The van der Waals surface area contributed by atoms with E-state index in [9.17, 15) is 4.79 Å². The van der Waals surface area contributed by atoms with Crippen LogP contribution in [0, 0.1) is 17.3 Å². The van der Waals surface area contributed by atoms with Crippen LogP contribution in [0.3, 0.4) is 0 Å². The average Bonchev–Trinajstić information content (AvgIpc) is 3.07. The molecule has 1 N–H and O–H groups in total. The normalized spacial score (nSPS) is 36.9. The molecule has 0 bridgehead atoms. The number of fused-ring (bicyclic) bond motifs is 1. The average molecular weight is 355 g/mol. The summed E-state index contributed by atoms with van der Waals surface area (Å²) in [7, 11) is 0. The van der Waals surface area contributed by atoms with Gasteiger partial charge < -0.3 is 5.32 Å². The molecule has 0 fully saturated rings. The Hall–Kier alpha value is -1.68. The molecule has 0 amide bonds. The van der Waals surface area contributed by atoms with Gasteiger partial charge in [0, 0.05) is 28.0 Å². The van der Waals surface area contributed by atoms with E-state index in [0.717, 1.165) is 36.4 Å². The van der Waals surface area contributed by atoms with E-state index in [4.69, 9.17) is 0 Å². The van der Waals surface area contributed by atoms with Gasteiger partial charge in [-0.1, -0.05) is 52.0 Å². The molecule has 1 aliphatic heterocycles. The smallest absolute Gasteiger partial charge is 0.164 e. The third kappa shape index (κ3) is 2.10. The molecule has 2 heterocycles. The summed E-state index contributed by atoms with van der Waals surface area (Å²) in [5.74, 6) is 1.73. The highest BCUT2D eigenvalue weighted by Gasteiger charge is 2.57. The summed E-state index contributed by atoms with van der Waals surface area (Å²) in [4.78, 5) is 19.3. The van der Waals surface area contributed by atoms with Crippen LogP contribution in [0.15, 0.2) is 41.1 Å². The summed E-state index contributed by atoms with van der Waals surface area (Å²) in [5, 5.41) is 3.54. The van der Waals surface area contributed by atoms with Gasteiger partial charge in [-0.25, -0.2) is 4.98 Å². The van der Waals surface area contributed by atoms with E-state index in [1.807, 2.05) is 5.51 Å².